The third-order valence-electron chi connectivity index (χ3n) is 4.04. The molecule has 1 atom stereocenters. The summed E-state index contributed by atoms with van der Waals surface area (Å²) in [7, 11) is -2.27. The molecule has 3 rings (SSSR count). The molecule has 0 bridgehead atoms. The predicted octanol–water partition coefficient (Wildman–Crippen LogP) is 3.86. The van der Waals surface area contributed by atoms with Crippen LogP contribution in [0.5, 0.6) is 5.75 Å². The summed E-state index contributed by atoms with van der Waals surface area (Å²) in [5.74, 6) is 0.0965. The highest BCUT2D eigenvalue weighted by molar-refractivity contribution is 7.91. The van der Waals surface area contributed by atoms with Crippen LogP contribution in [0.2, 0.25) is 9.36 Å². The minimum Gasteiger partial charge on any atom is -0.495 e. The Morgan fingerprint density at radius 1 is 1.31 bits per heavy atom. The minimum absolute atomic E-state index is 0.134. The van der Waals surface area contributed by atoms with Gasteiger partial charge in [-0.3, -0.25) is 4.79 Å². The number of benzene rings is 1. The van der Waals surface area contributed by atoms with Crippen molar-refractivity contribution in [2.45, 2.75) is 23.1 Å². The van der Waals surface area contributed by atoms with Crippen LogP contribution in [0.25, 0.3) is 0 Å². The summed E-state index contributed by atoms with van der Waals surface area (Å²) in [5, 5.41) is 3.08. The first kappa shape index (κ1) is 19.4. The molecule has 0 saturated carbocycles. The van der Waals surface area contributed by atoms with Gasteiger partial charge in [0, 0.05) is 12.2 Å². The SMILES string of the molecule is COc1ccc(NC(=O)[C@@H]2CCCN2S(=O)(=O)c2ccc(Cl)s2)cc1Cl. The smallest absolute Gasteiger partial charge is 0.253 e. The lowest BCUT2D eigenvalue weighted by Crippen LogP contribution is -2.42. The molecule has 10 heteroatoms. The van der Waals surface area contributed by atoms with E-state index < -0.39 is 22.0 Å². The van der Waals surface area contributed by atoms with Gasteiger partial charge in [-0.25, -0.2) is 8.42 Å². The van der Waals surface area contributed by atoms with E-state index in [0.717, 1.165) is 11.3 Å². The van der Waals surface area contributed by atoms with Crippen LogP contribution in [-0.2, 0) is 14.8 Å². The second-order valence-electron chi connectivity index (χ2n) is 5.67. The number of carbonyl (C=O) groups is 1. The van der Waals surface area contributed by atoms with Crippen molar-refractivity contribution in [3.8, 4) is 5.75 Å². The Hall–Kier alpha value is -1.32. The normalized spacial score (nSPS) is 18.0. The first-order valence-corrected chi connectivity index (χ1v) is 10.8. The van der Waals surface area contributed by atoms with Crippen LogP contribution in [0.3, 0.4) is 0 Å². The minimum atomic E-state index is -3.76. The standard InChI is InChI=1S/C16H16Cl2N2O4S2/c1-24-13-5-4-10(9-11(13)17)19-16(21)12-3-2-8-20(12)26(22,23)15-7-6-14(18)25-15/h4-7,9,12H,2-3,8H2,1H3,(H,19,21)/t12-/m0/s1. The van der Waals surface area contributed by atoms with E-state index in [2.05, 4.69) is 5.32 Å². The van der Waals surface area contributed by atoms with Crippen LogP contribution >= 0.6 is 34.5 Å². The van der Waals surface area contributed by atoms with Gasteiger partial charge in [0.25, 0.3) is 10.0 Å². The molecule has 1 amide bonds. The number of hydrogen-bond donors (Lipinski definition) is 1. The van der Waals surface area contributed by atoms with Crippen molar-refractivity contribution in [3.05, 3.63) is 39.7 Å². The molecular formula is C16H16Cl2N2O4S2. The Balaban J connectivity index is 1.79. The van der Waals surface area contributed by atoms with Gasteiger partial charge in [0.05, 0.1) is 16.5 Å². The van der Waals surface area contributed by atoms with Crippen LogP contribution in [0.15, 0.2) is 34.5 Å². The summed E-state index contributed by atoms with van der Waals surface area (Å²) in [6.07, 6.45) is 1.06. The fourth-order valence-corrected chi connectivity index (χ4v) is 6.34. The molecule has 0 aliphatic carbocycles. The molecule has 2 heterocycles. The molecule has 0 unspecified atom stereocenters. The van der Waals surface area contributed by atoms with Gasteiger partial charge >= 0.3 is 0 Å². The Morgan fingerprint density at radius 3 is 2.69 bits per heavy atom. The highest BCUT2D eigenvalue weighted by Crippen LogP contribution is 2.33. The van der Waals surface area contributed by atoms with Crippen LogP contribution in [0, 0.1) is 0 Å². The van der Waals surface area contributed by atoms with Crippen molar-refractivity contribution >= 4 is 56.2 Å². The molecule has 1 aromatic heterocycles. The number of methoxy groups -OCH3 is 1. The highest BCUT2D eigenvalue weighted by Gasteiger charge is 2.40. The number of hydrogen-bond acceptors (Lipinski definition) is 5. The molecule has 2 aromatic rings. The van der Waals surface area contributed by atoms with E-state index in [1.165, 1.54) is 23.5 Å². The third kappa shape index (κ3) is 3.84. The van der Waals surface area contributed by atoms with Gasteiger partial charge in [0.15, 0.2) is 0 Å². The van der Waals surface area contributed by atoms with Gasteiger partial charge in [0.2, 0.25) is 5.91 Å². The van der Waals surface area contributed by atoms with Gasteiger partial charge in [0.1, 0.15) is 16.0 Å². The van der Waals surface area contributed by atoms with Crippen molar-refractivity contribution < 1.29 is 17.9 Å². The molecule has 1 N–H and O–H groups in total. The van der Waals surface area contributed by atoms with Crippen molar-refractivity contribution in [2.24, 2.45) is 0 Å². The summed E-state index contributed by atoms with van der Waals surface area (Å²) in [4.78, 5) is 12.7. The topological polar surface area (TPSA) is 75.7 Å². The van der Waals surface area contributed by atoms with E-state index in [9.17, 15) is 13.2 Å². The molecule has 1 aliphatic heterocycles. The molecule has 0 radical (unpaired) electrons. The van der Waals surface area contributed by atoms with Crippen molar-refractivity contribution in [1.29, 1.82) is 0 Å². The molecule has 0 spiro atoms. The summed E-state index contributed by atoms with van der Waals surface area (Å²) in [5.41, 5.74) is 0.476. The number of thiophene rings is 1. The van der Waals surface area contributed by atoms with Gasteiger partial charge < -0.3 is 10.1 Å². The zero-order valence-corrected chi connectivity index (χ0v) is 16.9. The largest absolute Gasteiger partial charge is 0.495 e. The van der Waals surface area contributed by atoms with Crippen molar-refractivity contribution in [3.63, 3.8) is 0 Å². The number of sulfonamides is 1. The molecule has 140 valence electrons. The van der Waals surface area contributed by atoms with Crippen molar-refractivity contribution in [1.82, 2.24) is 4.31 Å². The first-order chi connectivity index (χ1) is 12.3. The van der Waals surface area contributed by atoms with Crippen LogP contribution in [0.1, 0.15) is 12.8 Å². The number of carbonyl (C=O) groups excluding carboxylic acids is 1. The quantitative estimate of drug-likeness (QED) is 0.774. The predicted molar refractivity (Wildman–Crippen MR) is 103 cm³/mol. The van der Waals surface area contributed by atoms with Gasteiger partial charge in [-0.05, 0) is 43.2 Å². The zero-order valence-electron chi connectivity index (χ0n) is 13.7. The average Bonchev–Trinajstić information content (AvgIpc) is 3.24. The lowest BCUT2D eigenvalue weighted by Gasteiger charge is -2.22. The van der Waals surface area contributed by atoms with E-state index in [-0.39, 0.29) is 4.21 Å². The van der Waals surface area contributed by atoms with Gasteiger partial charge in [-0.2, -0.15) is 4.31 Å². The fraction of sp³-hybridized carbons (Fsp3) is 0.312. The van der Waals surface area contributed by atoms with E-state index >= 15 is 0 Å². The van der Waals surface area contributed by atoms with Gasteiger partial charge in [-0.1, -0.05) is 23.2 Å². The average molecular weight is 435 g/mol. The van der Waals surface area contributed by atoms with Crippen LogP contribution in [0.4, 0.5) is 5.69 Å². The second-order valence-corrected chi connectivity index (χ2v) is 9.91. The first-order valence-electron chi connectivity index (χ1n) is 7.74. The van der Waals surface area contributed by atoms with Crippen LogP contribution < -0.4 is 10.1 Å². The van der Waals surface area contributed by atoms with E-state index in [1.54, 1.807) is 18.2 Å². The summed E-state index contributed by atoms with van der Waals surface area (Å²) in [6.45, 7) is 0.291. The molecule has 1 saturated heterocycles. The number of nitrogens with zero attached hydrogens (tertiary/aromatic N) is 1. The van der Waals surface area contributed by atoms with E-state index in [0.29, 0.717) is 40.2 Å². The number of amides is 1. The number of rotatable bonds is 5. The highest BCUT2D eigenvalue weighted by atomic mass is 35.5. The van der Waals surface area contributed by atoms with Crippen LogP contribution in [-0.4, -0.2) is 38.3 Å². The Morgan fingerprint density at radius 2 is 2.08 bits per heavy atom. The number of ether oxygens (including phenoxy) is 1. The zero-order chi connectivity index (χ0) is 18.9. The number of nitrogens with one attached hydrogen (secondary N) is 1. The molecule has 1 aliphatic rings. The van der Waals surface area contributed by atoms with E-state index in [1.807, 2.05) is 0 Å². The summed E-state index contributed by atoms with van der Waals surface area (Å²) < 4.78 is 32.5. The molecule has 26 heavy (non-hydrogen) atoms. The molecule has 6 nitrogen and oxygen atoms in total. The summed E-state index contributed by atoms with van der Waals surface area (Å²) in [6, 6.07) is 7.05. The van der Waals surface area contributed by atoms with Gasteiger partial charge in [-0.15, -0.1) is 11.3 Å². The molecular weight excluding hydrogens is 419 g/mol. The lowest BCUT2D eigenvalue weighted by molar-refractivity contribution is -0.119. The second kappa shape index (κ2) is 7.74. The third-order valence-corrected chi connectivity index (χ3v) is 7.94. The molecule has 1 aromatic carbocycles. The fourth-order valence-electron chi connectivity index (χ4n) is 2.81. The van der Waals surface area contributed by atoms with Crippen molar-refractivity contribution in [2.75, 3.05) is 19.0 Å². The van der Waals surface area contributed by atoms with E-state index in [4.69, 9.17) is 27.9 Å². The monoisotopic (exact) mass is 434 g/mol. The maximum Gasteiger partial charge on any atom is 0.253 e. The molecule has 1 fully saturated rings. The number of anilines is 1. The maximum absolute atomic E-state index is 12.8. The summed E-state index contributed by atoms with van der Waals surface area (Å²) >= 11 is 12.9. The lowest BCUT2D eigenvalue weighted by atomic mass is 10.2. The number of halogens is 2. The Bertz CT molecular complexity index is 930. The Labute approximate surface area is 165 Å². The maximum atomic E-state index is 12.8. The Kier molecular flexibility index (Phi) is 5.78.